The van der Waals surface area contributed by atoms with Crippen LogP contribution in [0.2, 0.25) is 0 Å². The highest BCUT2D eigenvalue weighted by Gasteiger charge is 2.20. The standard InChI is InChI=1S/C27H23N5O4/c1-18(27(33)34-17-19-6-3-2-4-7-19)14-25-30-26(32-36-25)20-8-5-9-22(15-20)35-24-11-10-21(16-28-24)23-12-13-29-31-23/h2-13,15-16,18H,14,17H2,1H3,(H,29,31)/t18-/m0/s1. The summed E-state index contributed by atoms with van der Waals surface area (Å²) < 4.78 is 16.7. The van der Waals surface area contributed by atoms with Crippen molar-refractivity contribution in [3.8, 4) is 34.3 Å². The third-order valence-corrected chi connectivity index (χ3v) is 5.44. The van der Waals surface area contributed by atoms with Crippen LogP contribution in [0.25, 0.3) is 22.6 Å². The number of benzene rings is 2. The molecule has 0 unspecified atom stereocenters. The van der Waals surface area contributed by atoms with Crippen molar-refractivity contribution >= 4 is 5.97 Å². The molecule has 0 bridgehead atoms. The molecule has 1 atom stereocenters. The third-order valence-electron chi connectivity index (χ3n) is 5.44. The van der Waals surface area contributed by atoms with Crippen LogP contribution in [0.15, 0.2) is 89.7 Å². The lowest BCUT2D eigenvalue weighted by Crippen LogP contribution is -2.17. The maximum absolute atomic E-state index is 12.4. The van der Waals surface area contributed by atoms with Crippen LogP contribution in [0.5, 0.6) is 11.6 Å². The van der Waals surface area contributed by atoms with Crippen molar-refractivity contribution in [3.05, 3.63) is 96.6 Å². The molecule has 1 N–H and O–H groups in total. The summed E-state index contributed by atoms with van der Waals surface area (Å²) in [5, 5.41) is 10.9. The molecule has 9 nitrogen and oxygen atoms in total. The third kappa shape index (κ3) is 5.64. The Bertz CT molecular complexity index is 1420. The lowest BCUT2D eigenvalue weighted by Gasteiger charge is -2.09. The van der Waals surface area contributed by atoms with Crippen LogP contribution in [0, 0.1) is 5.92 Å². The first kappa shape index (κ1) is 23.0. The molecule has 0 radical (unpaired) electrons. The molecule has 9 heteroatoms. The topological polar surface area (TPSA) is 116 Å². The Labute approximate surface area is 207 Å². The Morgan fingerprint density at radius 1 is 1.03 bits per heavy atom. The molecule has 0 spiro atoms. The Morgan fingerprint density at radius 3 is 2.69 bits per heavy atom. The van der Waals surface area contributed by atoms with Crippen LogP contribution in [0.4, 0.5) is 0 Å². The maximum atomic E-state index is 12.4. The van der Waals surface area contributed by atoms with E-state index in [1.165, 1.54) is 0 Å². The van der Waals surface area contributed by atoms with Crippen LogP contribution in [0.1, 0.15) is 18.4 Å². The van der Waals surface area contributed by atoms with Gasteiger partial charge in [0.2, 0.25) is 17.6 Å². The zero-order valence-electron chi connectivity index (χ0n) is 19.5. The van der Waals surface area contributed by atoms with Gasteiger partial charge in [-0.3, -0.25) is 9.89 Å². The van der Waals surface area contributed by atoms with Crippen LogP contribution < -0.4 is 4.74 Å². The van der Waals surface area contributed by atoms with E-state index in [-0.39, 0.29) is 19.0 Å². The van der Waals surface area contributed by atoms with Gasteiger partial charge >= 0.3 is 5.97 Å². The van der Waals surface area contributed by atoms with E-state index in [1.807, 2.05) is 60.7 Å². The number of aromatic amines is 1. The smallest absolute Gasteiger partial charge is 0.309 e. The molecule has 0 aliphatic heterocycles. The quantitative estimate of drug-likeness (QED) is 0.284. The van der Waals surface area contributed by atoms with E-state index >= 15 is 0 Å². The molecule has 180 valence electrons. The first-order valence-electron chi connectivity index (χ1n) is 11.4. The summed E-state index contributed by atoms with van der Waals surface area (Å²) in [7, 11) is 0. The molecular formula is C27H23N5O4. The monoisotopic (exact) mass is 481 g/mol. The van der Waals surface area contributed by atoms with Crippen LogP contribution in [0.3, 0.4) is 0 Å². The van der Waals surface area contributed by atoms with Crippen molar-refractivity contribution in [1.82, 2.24) is 25.3 Å². The van der Waals surface area contributed by atoms with Crippen molar-refractivity contribution in [3.63, 3.8) is 0 Å². The second-order valence-electron chi connectivity index (χ2n) is 8.20. The molecule has 0 saturated heterocycles. The summed E-state index contributed by atoms with van der Waals surface area (Å²) in [5.74, 6) is 1.05. The van der Waals surface area contributed by atoms with Gasteiger partial charge in [-0.1, -0.05) is 54.5 Å². The van der Waals surface area contributed by atoms with Gasteiger partial charge in [-0.15, -0.1) is 0 Å². The number of nitrogens with one attached hydrogen (secondary N) is 1. The van der Waals surface area contributed by atoms with Gasteiger partial charge in [0.05, 0.1) is 11.6 Å². The molecule has 5 rings (SSSR count). The van der Waals surface area contributed by atoms with E-state index in [1.54, 1.807) is 31.5 Å². The number of nitrogens with zero attached hydrogens (tertiary/aromatic N) is 4. The van der Waals surface area contributed by atoms with Crippen molar-refractivity contribution in [2.24, 2.45) is 5.92 Å². The zero-order chi connectivity index (χ0) is 24.7. The molecule has 0 aliphatic rings. The summed E-state index contributed by atoms with van der Waals surface area (Å²) in [6, 6.07) is 22.4. The zero-order valence-corrected chi connectivity index (χ0v) is 19.5. The van der Waals surface area contributed by atoms with Crippen molar-refractivity contribution in [2.45, 2.75) is 20.0 Å². The first-order valence-corrected chi connectivity index (χ1v) is 11.4. The molecule has 0 aliphatic carbocycles. The summed E-state index contributed by atoms with van der Waals surface area (Å²) >= 11 is 0. The fourth-order valence-electron chi connectivity index (χ4n) is 3.51. The number of carbonyl (C=O) groups is 1. The fraction of sp³-hybridized carbons (Fsp3) is 0.148. The van der Waals surface area contributed by atoms with E-state index in [2.05, 4.69) is 25.3 Å². The highest BCUT2D eigenvalue weighted by atomic mass is 16.5. The lowest BCUT2D eigenvalue weighted by atomic mass is 10.1. The number of rotatable bonds is 9. The highest BCUT2D eigenvalue weighted by molar-refractivity contribution is 5.72. The molecule has 3 heterocycles. The molecule has 0 amide bonds. The number of hydrogen-bond donors (Lipinski definition) is 1. The number of aromatic nitrogens is 5. The number of pyridine rings is 1. The number of esters is 1. The van der Waals surface area contributed by atoms with Crippen LogP contribution in [-0.4, -0.2) is 31.3 Å². The number of ether oxygens (including phenoxy) is 2. The number of hydrogen-bond acceptors (Lipinski definition) is 8. The predicted octanol–water partition coefficient (Wildman–Crippen LogP) is 5.24. The van der Waals surface area contributed by atoms with Crippen LogP contribution in [-0.2, 0) is 22.6 Å². The van der Waals surface area contributed by atoms with Crippen molar-refractivity contribution < 1.29 is 18.8 Å². The van der Waals surface area contributed by atoms with Gasteiger partial charge in [-0.25, -0.2) is 4.98 Å². The summed E-state index contributed by atoms with van der Waals surface area (Å²) in [5.41, 5.74) is 3.44. The SMILES string of the molecule is C[C@@H](Cc1nc(-c2cccc(Oc3ccc(-c4ccn[nH]4)cn3)c2)no1)C(=O)OCc1ccccc1. The Morgan fingerprint density at radius 2 is 1.92 bits per heavy atom. The Balaban J connectivity index is 1.19. The molecular weight excluding hydrogens is 458 g/mol. The van der Waals surface area contributed by atoms with Gasteiger partial charge in [0.1, 0.15) is 12.4 Å². The minimum atomic E-state index is -0.424. The number of carbonyl (C=O) groups excluding carboxylic acids is 1. The van der Waals surface area contributed by atoms with Gasteiger partial charge in [-0.05, 0) is 29.8 Å². The minimum Gasteiger partial charge on any atom is -0.461 e. The van der Waals surface area contributed by atoms with Gasteiger partial charge in [0, 0.05) is 36.0 Å². The van der Waals surface area contributed by atoms with E-state index < -0.39 is 5.92 Å². The first-order chi connectivity index (χ1) is 17.6. The molecule has 3 aromatic heterocycles. The van der Waals surface area contributed by atoms with Crippen molar-refractivity contribution in [1.29, 1.82) is 0 Å². The second-order valence-corrected chi connectivity index (χ2v) is 8.20. The fourth-order valence-corrected chi connectivity index (χ4v) is 3.51. The normalized spacial score (nSPS) is 11.7. The Kier molecular flexibility index (Phi) is 6.79. The summed E-state index contributed by atoms with van der Waals surface area (Å²) in [6.45, 7) is 2.00. The average molecular weight is 482 g/mol. The predicted molar refractivity (Wildman–Crippen MR) is 131 cm³/mol. The van der Waals surface area contributed by atoms with Gasteiger partial charge in [0.15, 0.2) is 0 Å². The van der Waals surface area contributed by atoms with Crippen molar-refractivity contribution in [2.75, 3.05) is 0 Å². The number of H-pyrrole nitrogens is 1. The second kappa shape index (κ2) is 10.6. The van der Waals surface area contributed by atoms with Gasteiger partial charge in [0.25, 0.3) is 0 Å². The molecule has 5 aromatic rings. The maximum Gasteiger partial charge on any atom is 0.309 e. The van der Waals surface area contributed by atoms with E-state index in [0.717, 1.165) is 22.4 Å². The van der Waals surface area contributed by atoms with Crippen LogP contribution >= 0.6 is 0 Å². The average Bonchev–Trinajstić information content (AvgIpc) is 3.61. The van der Waals surface area contributed by atoms with E-state index in [4.69, 9.17) is 14.0 Å². The molecule has 0 fully saturated rings. The lowest BCUT2D eigenvalue weighted by molar-refractivity contribution is -0.149. The van der Waals surface area contributed by atoms with Gasteiger partial charge < -0.3 is 14.0 Å². The highest BCUT2D eigenvalue weighted by Crippen LogP contribution is 2.26. The van der Waals surface area contributed by atoms with E-state index in [0.29, 0.717) is 23.3 Å². The largest absolute Gasteiger partial charge is 0.461 e. The molecule has 36 heavy (non-hydrogen) atoms. The van der Waals surface area contributed by atoms with Gasteiger partial charge in [-0.2, -0.15) is 10.1 Å². The minimum absolute atomic E-state index is 0.229. The van der Waals surface area contributed by atoms with E-state index in [9.17, 15) is 4.79 Å². The molecule has 0 saturated carbocycles. The Hall–Kier alpha value is -4.79. The summed E-state index contributed by atoms with van der Waals surface area (Å²) in [4.78, 5) is 21.2. The summed E-state index contributed by atoms with van der Waals surface area (Å²) in [6.07, 6.45) is 3.68. The molecule has 2 aromatic carbocycles.